The fourth-order valence-corrected chi connectivity index (χ4v) is 2.19. The lowest BCUT2D eigenvalue weighted by Gasteiger charge is -2.10. The van der Waals surface area contributed by atoms with Gasteiger partial charge in [0.05, 0.1) is 6.26 Å². The summed E-state index contributed by atoms with van der Waals surface area (Å²) in [6.45, 7) is 1.95. The van der Waals surface area contributed by atoms with Gasteiger partial charge in [-0.05, 0) is 42.8 Å². The van der Waals surface area contributed by atoms with Crippen LogP contribution in [0.4, 0.5) is 0 Å². The van der Waals surface area contributed by atoms with Gasteiger partial charge in [-0.2, -0.15) is 0 Å². The van der Waals surface area contributed by atoms with Crippen molar-refractivity contribution in [3.8, 4) is 0 Å². The largest absolute Gasteiger partial charge is 0.469 e. The zero-order valence-corrected chi connectivity index (χ0v) is 10.2. The summed E-state index contributed by atoms with van der Waals surface area (Å²) in [5.74, 6) is 1.83. The van der Waals surface area contributed by atoms with Crippen molar-refractivity contribution in [1.82, 2.24) is 0 Å². The molecule has 3 nitrogen and oxygen atoms in total. The third-order valence-corrected chi connectivity index (χ3v) is 3.09. The van der Waals surface area contributed by atoms with Crippen LogP contribution in [0, 0.1) is 6.92 Å². The molecule has 0 aliphatic carbocycles. The van der Waals surface area contributed by atoms with E-state index in [0.29, 0.717) is 6.42 Å². The third-order valence-electron chi connectivity index (χ3n) is 3.09. The summed E-state index contributed by atoms with van der Waals surface area (Å²) in [6.07, 6.45) is 2.38. The zero-order valence-electron chi connectivity index (χ0n) is 10.2. The Balaban J connectivity index is 1.88. The Morgan fingerprint density at radius 1 is 1.22 bits per heavy atom. The number of aryl methyl sites for hydroxylation is 1. The summed E-state index contributed by atoms with van der Waals surface area (Å²) in [4.78, 5) is 0. The second-order valence-corrected chi connectivity index (χ2v) is 4.54. The number of hydrogen-bond donors (Lipinski definition) is 1. The van der Waals surface area contributed by atoms with E-state index in [2.05, 4.69) is 6.07 Å². The first-order valence-corrected chi connectivity index (χ1v) is 6.00. The van der Waals surface area contributed by atoms with Gasteiger partial charge in [-0.3, -0.25) is 0 Å². The summed E-state index contributed by atoms with van der Waals surface area (Å²) in [5.41, 5.74) is 8.19. The van der Waals surface area contributed by atoms with Crippen LogP contribution in [0.25, 0.3) is 11.0 Å². The predicted octanol–water partition coefficient (Wildman–Crippen LogP) is 3.58. The SMILES string of the molecule is Cc1cc2cc(C(N)Cc3ccco3)ccc2o1. The number of fused-ring (bicyclic) bond motifs is 1. The first kappa shape index (κ1) is 11.1. The first-order valence-electron chi connectivity index (χ1n) is 6.00. The minimum Gasteiger partial charge on any atom is -0.469 e. The lowest BCUT2D eigenvalue weighted by atomic mass is 10.0. The highest BCUT2D eigenvalue weighted by molar-refractivity contribution is 5.78. The monoisotopic (exact) mass is 241 g/mol. The van der Waals surface area contributed by atoms with Crippen molar-refractivity contribution in [2.45, 2.75) is 19.4 Å². The number of nitrogens with two attached hydrogens (primary N) is 1. The molecule has 0 aliphatic heterocycles. The zero-order chi connectivity index (χ0) is 12.5. The Morgan fingerprint density at radius 2 is 2.11 bits per heavy atom. The van der Waals surface area contributed by atoms with Gasteiger partial charge in [0.2, 0.25) is 0 Å². The number of hydrogen-bond acceptors (Lipinski definition) is 3. The van der Waals surface area contributed by atoms with E-state index >= 15 is 0 Å². The second-order valence-electron chi connectivity index (χ2n) is 4.54. The third kappa shape index (κ3) is 2.05. The van der Waals surface area contributed by atoms with E-state index in [4.69, 9.17) is 14.6 Å². The van der Waals surface area contributed by atoms with Crippen LogP contribution >= 0.6 is 0 Å². The summed E-state index contributed by atoms with van der Waals surface area (Å²) < 4.78 is 10.9. The molecule has 92 valence electrons. The maximum absolute atomic E-state index is 6.19. The van der Waals surface area contributed by atoms with Crippen molar-refractivity contribution >= 4 is 11.0 Å². The quantitative estimate of drug-likeness (QED) is 0.762. The molecule has 2 aromatic heterocycles. The summed E-state index contributed by atoms with van der Waals surface area (Å²) >= 11 is 0. The van der Waals surface area contributed by atoms with Gasteiger partial charge in [0.25, 0.3) is 0 Å². The Kier molecular flexibility index (Phi) is 2.68. The number of furan rings is 2. The molecule has 3 aromatic rings. The van der Waals surface area contributed by atoms with Crippen LogP contribution in [-0.2, 0) is 6.42 Å². The highest BCUT2D eigenvalue weighted by Gasteiger charge is 2.10. The van der Waals surface area contributed by atoms with E-state index in [9.17, 15) is 0 Å². The smallest absolute Gasteiger partial charge is 0.134 e. The normalized spacial score (nSPS) is 13.0. The lowest BCUT2D eigenvalue weighted by Crippen LogP contribution is -2.12. The second kappa shape index (κ2) is 4.35. The van der Waals surface area contributed by atoms with Crippen molar-refractivity contribution in [2.24, 2.45) is 5.73 Å². The highest BCUT2D eigenvalue weighted by atomic mass is 16.3. The van der Waals surface area contributed by atoms with E-state index in [1.165, 1.54) is 0 Å². The summed E-state index contributed by atoms with van der Waals surface area (Å²) in [5, 5.41) is 1.10. The molecule has 2 N–H and O–H groups in total. The fraction of sp³-hybridized carbons (Fsp3) is 0.200. The van der Waals surface area contributed by atoms with Crippen LogP contribution < -0.4 is 5.73 Å². The molecule has 1 unspecified atom stereocenters. The minimum atomic E-state index is -0.0595. The van der Waals surface area contributed by atoms with Gasteiger partial charge in [0.15, 0.2) is 0 Å². The molecule has 3 rings (SSSR count). The number of benzene rings is 1. The molecule has 0 saturated heterocycles. The van der Waals surface area contributed by atoms with Crippen LogP contribution in [0.5, 0.6) is 0 Å². The van der Waals surface area contributed by atoms with Gasteiger partial charge in [-0.15, -0.1) is 0 Å². The van der Waals surface area contributed by atoms with Crippen molar-refractivity contribution in [1.29, 1.82) is 0 Å². The van der Waals surface area contributed by atoms with Gasteiger partial charge in [0.1, 0.15) is 17.1 Å². The molecule has 3 heteroatoms. The van der Waals surface area contributed by atoms with Crippen molar-refractivity contribution in [2.75, 3.05) is 0 Å². The van der Waals surface area contributed by atoms with Gasteiger partial charge in [-0.1, -0.05) is 6.07 Å². The molecule has 1 aromatic carbocycles. The van der Waals surface area contributed by atoms with E-state index in [-0.39, 0.29) is 6.04 Å². The van der Waals surface area contributed by atoms with Crippen LogP contribution in [0.1, 0.15) is 23.1 Å². The van der Waals surface area contributed by atoms with E-state index in [1.54, 1.807) is 6.26 Å². The summed E-state index contributed by atoms with van der Waals surface area (Å²) in [6, 6.07) is 11.9. The van der Waals surface area contributed by atoms with Gasteiger partial charge in [-0.25, -0.2) is 0 Å². The molecule has 0 amide bonds. The van der Waals surface area contributed by atoms with E-state index < -0.39 is 0 Å². The average Bonchev–Trinajstić information content (AvgIpc) is 2.95. The molecule has 2 heterocycles. The summed E-state index contributed by atoms with van der Waals surface area (Å²) in [7, 11) is 0. The van der Waals surface area contributed by atoms with Gasteiger partial charge >= 0.3 is 0 Å². The van der Waals surface area contributed by atoms with Crippen molar-refractivity contribution in [3.63, 3.8) is 0 Å². The van der Waals surface area contributed by atoms with Crippen molar-refractivity contribution < 1.29 is 8.83 Å². The molecule has 18 heavy (non-hydrogen) atoms. The average molecular weight is 241 g/mol. The first-order chi connectivity index (χ1) is 8.72. The Hall–Kier alpha value is -2.00. The van der Waals surface area contributed by atoms with Crippen molar-refractivity contribution in [3.05, 3.63) is 59.7 Å². The van der Waals surface area contributed by atoms with E-state index in [1.807, 2.05) is 37.3 Å². The molecule has 0 radical (unpaired) electrons. The van der Waals surface area contributed by atoms with Crippen LogP contribution in [0.2, 0.25) is 0 Å². The van der Waals surface area contributed by atoms with Crippen LogP contribution in [0.3, 0.4) is 0 Å². The Bertz CT molecular complexity index is 652. The molecule has 0 fully saturated rings. The molecular formula is C15H15NO2. The predicted molar refractivity (Wildman–Crippen MR) is 70.3 cm³/mol. The lowest BCUT2D eigenvalue weighted by molar-refractivity contribution is 0.488. The molecule has 1 atom stereocenters. The fourth-order valence-electron chi connectivity index (χ4n) is 2.19. The van der Waals surface area contributed by atoms with Gasteiger partial charge < -0.3 is 14.6 Å². The minimum absolute atomic E-state index is 0.0595. The maximum Gasteiger partial charge on any atom is 0.134 e. The van der Waals surface area contributed by atoms with Crippen LogP contribution in [0.15, 0.2) is 51.5 Å². The topological polar surface area (TPSA) is 52.3 Å². The van der Waals surface area contributed by atoms with Crippen LogP contribution in [-0.4, -0.2) is 0 Å². The standard InChI is InChI=1S/C15H15NO2/c1-10-7-12-8-11(4-5-15(12)18-10)14(16)9-13-3-2-6-17-13/h2-8,14H,9,16H2,1H3. The van der Waals surface area contributed by atoms with E-state index in [0.717, 1.165) is 28.1 Å². The Labute approximate surface area is 105 Å². The molecule has 0 aliphatic rings. The maximum atomic E-state index is 6.19. The molecular weight excluding hydrogens is 226 g/mol. The highest BCUT2D eigenvalue weighted by Crippen LogP contribution is 2.24. The van der Waals surface area contributed by atoms with Gasteiger partial charge in [0, 0.05) is 17.8 Å². The molecule has 0 spiro atoms. The Morgan fingerprint density at radius 3 is 2.89 bits per heavy atom. The number of rotatable bonds is 3. The molecule has 0 bridgehead atoms. The molecule has 0 saturated carbocycles.